The maximum atomic E-state index is 13.3. The molecule has 0 bridgehead atoms. The number of nitrogens with zero attached hydrogens (tertiary/aromatic N) is 2. The zero-order valence-electron chi connectivity index (χ0n) is 15.9. The van der Waals surface area contributed by atoms with E-state index in [0.29, 0.717) is 12.1 Å². The van der Waals surface area contributed by atoms with Gasteiger partial charge in [0.1, 0.15) is 19.0 Å². The van der Waals surface area contributed by atoms with Crippen molar-refractivity contribution in [3.8, 4) is 28.6 Å². The first-order valence-electron chi connectivity index (χ1n) is 9.04. The van der Waals surface area contributed by atoms with Gasteiger partial charge in [-0.25, -0.2) is 4.39 Å². The first kappa shape index (κ1) is 22.2. The van der Waals surface area contributed by atoms with Crippen molar-refractivity contribution in [2.75, 3.05) is 19.8 Å². The molecular weight excluding hydrogens is 422 g/mol. The highest BCUT2D eigenvalue weighted by atomic mass is 19.4. The zero-order chi connectivity index (χ0) is 22.4. The van der Waals surface area contributed by atoms with Crippen LogP contribution in [-0.2, 0) is 17.5 Å². The second-order valence-corrected chi connectivity index (χ2v) is 6.36. The minimum absolute atomic E-state index is 0.0353. The number of hydrogen-bond acceptors (Lipinski definition) is 6. The molecule has 2 aromatic carbocycles. The van der Waals surface area contributed by atoms with E-state index in [4.69, 9.17) is 14.4 Å². The van der Waals surface area contributed by atoms with Crippen LogP contribution in [0.3, 0.4) is 0 Å². The Hall–Kier alpha value is -3.47. The van der Waals surface area contributed by atoms with Crippen LogP contribution in [0.15, 0.2) is 47.0 Å². The second-order valence-electron chi connectivity index (χ2n) is 6.36. The number of alkyl halides is 4. The Morgan fingerprint density at radius 2 is 1.84 bits per heavy atom. The molecule has 11 heteroatoms. The van der Waals surface area contributed by atoms with Crippen molar-refractivity contribution in [1.29, 1.82) is 0 Å². The lowest BCUT2D eigenvalue weighted by Gasteiger charge is -2.13. The van der Waals surface area contributed by atoms with Crippen molar-refractivity contribution in [2.45, 2.75) is 12.7 Å². The molecule has 0 amide bonds. The van der Waals surface area contributed by atoms with Gasteiger partial charge in [0.25, 0.3) is 5.89 Å². The SMILES string of the molecule is O=C(O)CNCc1ccc(-c2noc(-c3ccc(OCCF)c(C(F)(F)F)c3)n2)cc1. The Bertz CT molecular complexity index is 1040. The van der Waals surface area contributed by atoms with Crippen LogP contribution in [0.5, 0.6) is 5.75 Å². The molecule has 3 aromatic rings. The Kier molecular flexibility index (Phi) is 6.85. The summed E-state index contributed by atoms with van der Waals surface area (Å²) in [6, 6.07) is 10.0. The van der Waals surface area contributed by atoms with Crippen LogP contribution in [0.2, 0.25) is 0 Å². The van der Waals surface area contributed by atoms with Gasteiger partial charge in [-0.15, -0.1) is 0 Å². The molecule has 31 heavy (non-hydrogen) atoms. The van der Waals surface area contributed by atoms with Gasteiger partial charge < -0.3 is 19.7 Å². The van der Waals surface area contributed by atoms with E-state index in [-0.39, 0.29) is 23.8 Å². The quantitative estimate of drug-likeness (QED) is 0.488. The number of rotatable bonds is 9. The average molecular weight is 439 g/mol. The van der Waals surface area contributed by atoms with Crippen LogP contribution in [0.25, 0.3) is 22.8 Å². The van der Waals surface area contributed by atoms with E-state index in [0.717, 1.165) is 17.7 Å². The molecule has 0 spiro atoms. The minimum Gasteiger partial charge on any atom is -0.490 e. The lowest BCUT2D eigenvalue weighted by Crippen LogP contribution is -2.21. The van der Waals surface area contributed by atoms with Crippen LogP contribution < -0.4 is 10.1 Å². The van der Waals surface area contributed by atoms with E-state index >= 15 is 0 Å². The molecule has 0 aliphatic rings. The monoisotopic (exact) mass is 439 g/mol. The average Bonchev–Trinajstić information content (AvgIpc) is 3.22. The third-order valence-corrected chi connectivity index (χ3v) is 4.11. The summed E-state index contributed by atoms with van der Waals surface area (Å²) in [5.41, 5.74) is 0.355. The summed E-state index contributed by atoms with van der Waals surface area (Å²) in [7, 11) is 0. The fourth-order valence-electron chi connectivity index (χ4n) is 2.70. The number of aromatic nitrogens is 2. The summed E-state index contributed by atoms with van der Waals surface area (Å²) in [5, 5.41) is 15.2. The molecule has 7 nitrogen and oxygen atoms in total. The number of benzene rings is 2. The second kappa shape index (κ2) is 9.56. The predicted molar refractivity (Wildman–Crippen MR) is 101 cm³/mol. The van der Waals surface area contributed by atoms with E-state index in [1.54, 1.807) is 24.3 Å². The van der Waals surface area contributed by atoms with Gasteiger partial charge in [-0.2, -0.15) is 18.2 Å². The number of carboxylic acids is 1. The molecule has 0 unspecified atom stereocenters. The maximum absolute atomic E-state index is 13.3. The highest BCUT2D eigenvalue weighted by Gasteiger charge is 2.35. The normalized spacial score (nSPS) is 11.5. The van der Waals surface area contributed by atoms with Crippen LogP contribution in [0.1, 0.15) is 11.1 Å². The van der Waals surface area contributed by atoms with Crippen LogP contribution in [0.4, 0.5) is 17.6 Å². The van der Waals surface area contributed by atoms with Gasteiger partial charge in [0.05, 0.1) is 12.1 Å². The van der Waals surface area contributed by atoms with Crippen LogP contribution >= 0.6 is 0 Å². The van der Waals surface area contributed by atoms with Gasteiger partial charge in [0.2, 0.25) is 5.82 Å². The van der Waals surface area contributed by atoms with Crippen molar-refractivity contribution >= 4 is 5.97 Å². The number of nitrogens with one attached hydrogen (secondary N) is 1. The van der Waals surface area contributed by atoms with Crippen molar-refractivity contribution in [3.05, 3.63) is 53.6 Å². The third kappa shape index (κ3) is 5.79. The minimum atomic E-state index is -4.71. The van der Waals surface area contributed by atoms with Crippen LogP contribution in [-0.4, -0.2) is 41.0 Å². The van der Waals surface area contributed by atoms with E-state index in [2.05, 4.69) is 15.5 Å². The Morgan fingerprint density at radius 3 is 2.48 bits per heavy atom. The standard InChI is InChI=1S/C20H17F4N3O4/c21-7-8-30-16-6-5-14(9-15(16)20(22,23)24)19-26-18(27-31-19)13-3-1-12(2-4-13)10-25-11-17(28)29/h1-6,9,25H,7-8,10-11H2,(H,28,29). The molecule has 0 radical (unpaired) electrons. The number of hydrogen-bond donors (Lipinski definition) is 2. The number of ether oxygens (including phenoxy) is 1. The number of aliphatic carboxylic acids is 1. The largest absolute Gasteiger partial charge is 0.490 e. The van der Waals surface area contributed by atoms with Crippen molar-refractivity contribution in [3.63, 3.8) is 0 Å². The van der Waals surface area contributed by atoms with Crippen molar-refractivity contribution in [2.24, 2.45) is 0 Å². The number of halogens is 4. The summed E-state index contributed by atoms with van der Waals surface area (Å²) in [6.45, 7) is -1.23. The topological polar surface area (TPSA) is 97.5 Å². The summed E-state index contributed by atoms with van der Waals surface area (Å²) in [5.74, 6) is -1.40. The Labute approximate surface area is 173 Å². The summed E-state index contributed by atoms with van der Waals surface area (Å²) >= 11 is 0. The van der Waals surface area contributed by atoms with Gasteiger partial charge in [-0.1, -0.05) is 29.4 Å². The molecule has 0 fully saturated rings. The van der Waals surface area contributed by atoms with Crippen molar-refractivity contribution in [1.82, 2.24) is 15.5 Å². The highest BCUT2D eigenvalue weighted by molar-refractivity contribution is 5.69. The number of carboxylic acid groups (broad SMARTS) is 1. The van der Waals surface area contributed by atoms with Crippen molar-refractivity contribution < 1.29 is 36.7 Å². The van der Waals surface area contributed by atoms with Gasteiger partial charge in [-0.3, -0.25) is 4.79 Å². The molecule has 1 heterocycles. The zero-order valence-corrected chi connectivity index (χ0v) is 15.9. The van der Waals surface area contributed by atoms with E-state index in [1.807, 2.05) is 0 Å². The molecule has 0 atom stereocenters. The van der Waals surface area contributed by atoms with Gasteiger partial charge >= 0.3 is 12.1 Å². The van der Waals surface area contributed by atoms with Gasteiger partial charge in [0, 0.05) is 17.7 Å². The summed E-state index contributed by atoms with van der Waals surface area (Å²) in [6.07, 6.45) is -4.71. The molecule has 2 N–H and O–H groups in total. The van der Waals surface area contributed by atoms with E-state index < -0.39 is 36.7 Å². The molecule has 1 aromatic heterocycles. The third-order valence-electron chi connectivity index (χ3n) is 4.11. The van der Waals surface area contributed by atoms with E-state index in [9.17, 15) is 22.4 Å². The first-order valence-corrected chi connectivity index (χ1v) is 9.04. The maximum Gasteiger partial charge on any atom is 0.419 e. The lowest BCUT2D eigenvalue weighted by molar-refractivity contribution is -0.139. The fourth-order valence-corrected chi connectivity index (χ4v) is 2.70. The molecule has 0 saturated heterocycles. The fraction of sp³-hybridized carbons (Fsp3) is 0.250. The van der Waals surface area contributed by atoms with Gasteiger partial charge in [0.15, 0.2) is 0 Å². The van der Waals surface area contributed by atoms with Crippen LogP contribution in [0, 0.1) is 0 Å². The number of carbonyl (C=O) groups is 1. The van der Waals surface area contributed by atoms with Gasteiger partial charge in [-0.05, 0) is 23.8 Å². The molecule has 3 rings (SSSR count). The Balaban J connectivity index is 1.79. The van der Waals surface area contributed by atoms with E-state index in [1.165, 1.54) is 6.07 Å². The molecule has 164 valence electrons. The molecule has 0 aliphatic carbocycles. The molecular formula is C20H17F4N3O4. The first-order chi connectivity index (χ1) is 14.8. The summed E-state index contributed by atoms with van der Waals surface area (Å²) in [4.78, 5) is 14.7. The smallest absolute Gasteiger partial charge is 0.419 e. The Morgan fingerprint density at radius 1 is 1.13 bits per heavy atom. The molecule has 0 saturated carbocycles. The lowest BCUT2D eigenvalue weighted by atomic mass is 10.1. The highest BCUT2D eigenvalue weighted by Crippen LogP contribution is 2.38. The molecule has 0 aliphatic heterocycles. The predicted octanol–water partition coefficient (Wildman–Crippen LogP) is 3.94. The summed E-state index contributed by atoms with van der Waals surface area (Å²) < 4.78 is 62.2.